The fourth-order valence-corrected chi connectivity index (χ4v) is 2.86. The van der Waals surface area contributed by atoms with Crippen LogP contribution in [0.1, 0.15) is 22.4 Å². The molecule has 4 rings (SSSR count). The molecular weight excluding hydrogens is 320 g/mol. The van der Waals surface area contributed by atoms with Crippen molar-refractivity contribution in [2.45, 2.75) is 6.04 Å². The van der Waals surface area contributed by atoms with Gasteiger partial charge in [-0.3, -0.25) is 9.78 Å². The number of hydrogen-bond donors (Lipinski definition) is 0. The van der Waals surface area contributed by atoms with Crippen molar-refractivity contribution < 1.29 is 9.53 Å². The first-order chi connectivity index (χ1) is 12.3. The number of benzene rings is 1. The highest BCUT2D eigenvalue weighted by Gasteiger charge is 2.33. The van der Waals surface area contributed by atoms with Gasteiger partial charge in [-0.25, -0.2) is 14.6 Å². The second-order valence-corrected chi connectivity index (χ2v) is 5.55. The molecule has 1 fully saturated rings. The topological polar surface area (TPSA) is 86.0 Å². The van der Waals surface area contributed by atoms with Gasteiger partial charge in [-0.1, -0.05) is 18.2 Å². The molecule has 1 amide bonds. The zero-order valence-electron chi connectivity index (χ0n) is 13.4. The molecule has 1 aliphatic heterocycles. The van der Waals surface area contributed by atoms with Crippen molar-refractivity contribution >= 4 is 5.91 Å². The van der Waals surface area contributed by atoms with Crippen molar-refractivity contribution in [3.63, 3.8) is 0 Å². The Hall–Kier alpha value is -3.13. The molecule has 0 radical (unpaired) electrons. The summed E-state index contributed by atoms with van der Waals surface area (Å²) in [6.07, 6.45) is 6.01. The zero-order valence-corrected chi connectivity index (χ0v) is 13.4. The molecule has 1 aliphatic rings. The Labute approximate surface area is 144 Å². The molecule has 0 spiro atoms. The summed E-state index contributed by atoms with van der Waals surface area (Å²) < 4.78 is 7.33. The van der Waals surface area contributed by atoms with Crippen LogP contribution in [0.4, 0.5) is 0 Å². The van der Waals surface area contributed by atoms with Crippen LogP contribution in [0.2, 0.25) is 0 Å². The van der Waals surface area contributed by atoms with Crippen molar-refractivity contribution in [3.8, 4) is 5.69 Å². The van der Waals surface area contributed by atoms with Crippen LogP contribution < -0.4 is 0 Å². The van der Waals surface area contributed by atoms with E-state index in [4.69, 9.17) is 4.74 Å². The molecule has 1 aromatic carbocycles. The molecule has 3 heterocycles. The average molecular weight is 336 g/mol. The Bertz CT molecular complexity index is 852. The first-order valence-corrected chi connectivity index (χ1v) is 7.94. The predicted octanol–water partition coefficient (Wildman–Crippen LogP) is 1.27. The summed E-state index contributed by atoms with van der Waals surface area (Å²) in [5, 5.41) is 4.31. The maximum absolute atomic E-state index is 12.9. The van der Waals surface area contributed by atoms with E-state index >= 15 is 0 Å². The number of carbonyl (C=O) groups is 1. The summed E-state index contributed by atoms with van der Waals surface area (Å²) in [4.78, 5) is 27.1. The molecule has 0 bridgehead atoms. The second-order valence-electron chi connectivity index (χ2n) is 5.55. The second kappa shape index (κ2) is 6.78. The van der Waals surface area contributed by atoms with E-state index in [-0.39, 0.29) is 11.9 Å². The van der Waals surface area contributed by atoms with Crippen molar-refractivity contribution in [1.82, 2.24) is 29.6 Å². The Morgan fingerprint density at radius 3 is 2.84 bits per heavy atom. The van der Waals surface area contributed by atoms with Gasteiger partial charge in [0.05, 0.1) is 25.1 Å². The van der Waals surface area contributed by atoms with E-state index in [2.05, 4.69) is 20.1 Å². The summed E-state index contributed by atoms with van der Waals surface area (Å²) in [6, 6.07) is 9.34. The lowest BCUT2D eigenvalue weighted by Crippen LogP contribution is -2.44. The first-order valence-electron chi connectivity index (χ1n) is 7.94. The molecule has 1 saturated heterocycles. The highest BCUT2D eigenvalue weighted by molar-refractivity contribution is 5.92. The van der Waals surface area contributed by atoms with E-state index in [0.717, 1.165) is 5.69 Å². The zero-order chi connectivity index (χ0) is 17.1. The maximum atomic E-state index is 12.9. The molecule has 0 saturated carbocycles. The van der Waals surface area contributed by atoms with Crippen LogP contribution in [0, 0.1) is 0 Å². The molecule has 8 nitrogen and oxygen atoms in total. The third kappa shape index (κ3) is 2.99. The van der Waals surface area contributed by atoms with Gasteiger partial charge in [0, 0.05) is 18.9 Å². The Balaban J connectivity index is 1.69. The highest BCUT2D eigenvalue weighted by atomic mass is 16.5. The third-order valence-electron chi connectivity index (χ3n) is 4.04. The summed E-state index contributed by atoms with van der Waals surface area (Å²) in [5.74, 6) is 0.465. The largest absolute Gasteiger partial charge is 0.377 e. The van der Waals surface area contributed by atoms with Crippen molar-refractivity contribution in [1.29, 1.82) is 0 Å². The minimum absolute atomic E-state index is 0.191. The maximum Gasteiger partial charge on any atom is 0.274 e. The van der Waals surface area contributed by atoms with E-state index in [1.807, 2.05) is 30.3 Å². The number of rotatable bonds is 3. The van der Waals surface area contributed by atoms with Gasteiger partial charge in [-0.2, -0.15) is 5.10 Å². The number of hydrogen-bond acceptors (Lipinski definition) is 6. The van der Waals surface area contributed by atoms with Gasteiger partial charge in [0.15, 0.2) is 5.82 Å². The number of amides is 1. The van der Waals surface area contributed by atoms with Crippen molar-refractivity contribution in [3.05, 3.63) is 66.8 Å². The quantitative estimate of drug-likeness (QED) is 0.716. The number of nitrogens with zero attached hydrogens (tertiary/aromatic N) is 6. The van der Waals surface area contributed by atoms with Gasteiger partial charge in [-0.15, -0.1) is 0 Å². The lowest BCUT2D eigenvalue weighted by atomic mass is 10.2. The van der Waals surface area contributed by atoms with Gasteiger partial charge in [0.2, 0.25) is 0 Å². The van der Waals surface area contributed by atoms with Crippen LogP contribution in [0.15, 0.2) is 55.2 Å². The minimum Gasteiger partial charge on any atom is -0.377 e. The molecule has 25 heavy (non-hydrogen) atoms. The van der Waals surface area contributed by atoms with Crippen molar-refractivity contribution in [2.24, 2.45) is 0 Å². The van der Waals surface area contributed by atoms with Gasteiger partial charge < -0.3 is 9.64 Å². The van der Waals surface area contributed by atoms with E-state index in [9.17, 15) is 4.79 Å². The summed E-state index contributed by atoms with van der Waals surface area (Å²) in [5.41, 5.74) is 1.19. The molecular formula is C17H16N6O2. The van der Waals surface area contributed by atoms with Gasteiger partial charge in [0.1, 0.15) is 18.1 Å². The summed E-state index contributed by atoms with van der Waals surface area (Å²) in [6.45, 7) is 1.29. The number of para-hydroxylation sites is 1. The van der Waals surface area contributed by atoms with Crippen molar-refractivity contribution in [2.75, 3.05) is 19.8 Å². The first kappa shape index (κ1) is 15.4. The number of ether oxygens (including phenoxy) is 1. The summed E-state index contributed by atoms with van der Waals surface area (Å²) >= 11 is 0. The van der Waals surface area contributed by atoms with E-state index in [1.54, 1.807) is 15.8 Å². The SMILES string of the molecule is O=C(c1cnccn1)N1CCOC[C@H]1c1ncnn1-c1ccccc1. The normalized spacial score (nSPS) is 17.4. The Morgan fingerprint density at radius 1 is 1.16 bits per heavy atom. The number of carbonyl (C=O) groups excluding carboxylic acids is 1. The average Bonchev–Trinajstić information content (AvgIpc) is 3.18. The van der Waals surface area contributed by atoms with Gasteiger partial charge in [-0.05, 0) is 12.1 Å². The number of aromatic nitrogens is 5. The summed E-state index contributed by atoms with van der Waals surface area (Å²) in [7, 11) is 0. The van der Waals surface area contributed by atoms with Gasteiger partial charge in [0.25, 0.3) is 5.91 Å². The van der Waals surface area contributed by atoms with Crippen LogP contribution in [0.3, 0.4) is 0 Å². The molecule has 126 valence electrons. The molecule has 0 unspecified atom stereocenters. The van der Waals surface area contributed by atoms with E-state index in [0.29, 0.717) is 31.3 Å². The molecule has 8 heteroatoms. The van der Waals surface area contributed by atoms with Crippen LogP contribution in [-0.4, -0.2) is 55.3 Å². The van der Waals surface area contributed by atoms with E-state index in [1.165, 1.54) is 18.7 Å². The smallest absolute Gasteiger partial charge is 0.274 e. The molecule has 3 aromatic rings. The molecule has 0 aliphatic carbocycles. The molecule has 2 aromatic heterocycles. The van der Waals surface area contributed by atoms with Crippen LogP contribution in [0.5, 0.6) is 0 Å². The molecule has 1 atom stereocenters. The highest BCUT2D eigenvalue weighted by Crippen LogP contribution is 2.25. The fourth-order valence-electron chi connectivity index (χ4n) is 2.86. The number of morpholine rings is 1. The van der Waals surface area contributed by atoms with Gasteiger partial charge >= 0.3 is 0 Å². The predicted molar refractivity (Wildman–Crippen MR) is 88.0 cm³/mol. The Kier molecular flexibility index (Phi) is 4.17. The third-order valence-corrected chi connectivity index (χ3v) is 4.04. The van der Waals surface area contributed by atoms with Crippen LogP contribution in [-0.2, 0) is 4.74 Å². The fraction of sp³-hybridized carbons (Fsp3) is 0.235. The van der Waals surface area contributed by atoms with Crippen LogP contribution in [0.25, 0.3) is 5.69 Å². The lowest BCUT2D eigenvalue weighted by Gasteiger charge is -2.34. The lowest BCUT2D eigenvalue weighted by molar-refractivity contribution is -0.00612. The van der Waals surface area contributed by atoms with E-state index < -0.39 is 0 Å². The van der Waals surface area contributed by atoms with Crippen LogP contribution >= 0.6 is 0 Å². The molecule has 0 N–H and O–H groups in total. The standard InChI is InChI=1S/C17H16N6O2/c24-17(14-10-18-6-7-19-14)22-8-9-25-11-15(22)16-20-12-21-23(16)13-4-2-1-3-5-13/h1-7,10,12,15H,8-9,11H2/t15-/m0/s1. The minimum atomic E-state index is -0.342. The monoisotopic (exact) mass is 336 g/mol. The Morgan fingerprint density at radius 2 is 2.04 bits per heavy atom.